The number of carbonyl (C=O) groups excluding carboxylic acids is 4. The van der Waals surface area contributed by atoms with Crippen LogP contribution in [-0.4, -0.2) is 92.2 Å². The first-order chi connectivity index (χ1) is 19.7. The van der Waals surface area contributed by atoms with Crippen molar-refractivity contribution < 1.29 is 28.7 Å². The smallest absolute Gasteiger partial charge is 0.258 e. The molecule has 0 spiro atoms. The Morgan fingerprint density at radius 1 is 1.07 bits per heavy atom. The van der Waals surface area contributed by atoms with Gasteiger partial charge < -0.3 is 29.9 Å². The van der Waals surface area contributed by atoms with Crippen molar-refractivity contribution in [1.29, 1.82) is 0 Å². The number of benzene rings is 2. The predicted molar refractivity (Wildman–Crippen MR) is 159 cm³/mol. The topological polar surface area (TPSA) is 117 Å². The van der Waals surface area contributed by atoms with Crippen LogP contribution < -0.4 is 20.1 Å². The summed E-state index contributed by atoms with van der Waals surface area (Å²) >= 11 is 7.41. The van der Waals surface area contributed by atoms with E-state index in [9.17, 15) is 19.2 Å². The van der Waals surface area contributed by atoms with Crippen molar-refractivity contribution in [2.45, 2.75) is 37.1 Å². The number of halogens is 1. The predicted octanol–water partition coefficient (Wildman–Crippen LogP) is 3.23. The van der Waals surface area contributed by atoms with Crippen LogP contribution in [0, 0.1) is 0 Å². The van der Waals surface area contributed by atoms with E-state index in [0.29, 0.717) is 67.5 Å². The van der Waals surface area contributed by atoms with E-state index in [-0.39, 0.29) is 30.1 Å². The van der Waals surface area contributed by atoms with Crippen LogP contribution in [0.1, 0.15) is 36.5 Å². The molecule has 0 fully saturated rings. The Hall–Kier alpha value is -3.44. The van der Waals surface area contributed by atoms with E-state index in [1.807, 2.05) is 12.1 Å². The molecule has 41 heavy (non-hydrogen) atoms. The highest BCUT2D eigenvalue weighted by atomic mass is 35.5. The molecule has 2 aliphatic heterocycles. The van der Waals surface area contributed by atoms with Crippen LogP contribution in [0.5, 0.6) is 11.5 Å². The van der Waals surface area contributed by atoms with Gasteiger partial charge in [-0.15, -0.1) is 11.8 Å². The average Bonchev–Trinajstić information content (AvgIpc) is 2.97. The van der Waals surface area contributed by atoms with Crippen LogP contribution in [0.25, 0.3) is 0 Å². The minimum absolute atomic E-state index is 0.00393. The van der Waals surface area contributed by atoms with Crippen molar-refractivity contribution in [2.24, 2.45) is 0 Å². The molecule has 2 aromatic carbocycles. The lowest BCUT2D eigenvalue weighted by atomic mass is 10.2. The van der Waals surface area contributed by atoms with E-state index in [4.69, 9.17) is 21.1 Å². The van der Waals surface area contributed by atoms with Gasteiger partial charge in [0.1, 0.15) is 6.04 Å². The summed E-state index contributed by atoms with van der Waals surface area (Å²) in [6.45, 7) is 3.17. The fourth-order valence-electron chi connectivity index (χ4n) is 4.21. The number of hydrogen-bond acceptors (Lipinski definition) is 7. The zero-order valence-electron chi connectivity index (χ0n) is 23.6. The van der Waals surface area contributed by atoms with E-state index in [1.54, 1.807) is 48.0 Å². The molecule has 0 unspecified atom stereocenters. The molecule has 222 valence electrons. The normalized spacial score (nSPS) is 18.1. The third-order valence-corrected chi connectivity index (χ3v) is 7.75. The van der Waals surface area contributed by atoms with Crippen molar-refractivity contribution in [3.63, 3.8) is 0 Å². The summed E-state index contributed by atoms with van der Waals surface area (Å²) in [7, 11) is 3.14. The van der Waals surface area contributed by atoms with Gasteiger partial charge in [0.2, 0.25) is 11.8 Å². The molecule has 4 rings (SSSR count). The van der Waals surface area contributed by atoms with Gasteiger partial charge in [0.15, 0.2) is 18.1 Å². The minimum atomic E-state index is -0.735. The van der Waals surface area contributed by atoms with Crippen molar-refractivity contribution in [3.05, 3.63) is 53.1 Å². The van der Waals surface area contributed by atoms with Gasteiger partial charge in [-0.05, 0) is 68.7 Å². The summed E-state index contributed by atoms with van der Waals surface area (Å²) in [5.41, 5.74) is 0.374. The number of hydrogen-bond donors (Lipinski definition) is 2. The molecule has 0 aromatic heterocycles. The minimum Gasteiger partial charge on any atom is -0.493 e. The molecule has 2 heterocycles. The molecule has 12 heteroatoms. The first-order valence-corrected chi connectivity index (χ1v) is 14.8. The Labute approximate surface area is 250 Å². The molecule has 10 nitrogen and oxygen atoms in total. The number of nitrogens with zero attached hydrogens (tertiary/aromatic N) is 2. The lowest BCUT2D eigenvalue weighted by Crippen LogP contribution is -2.47. The highest BCUT2D eigenvalue weighted by Crippen LogP contribution is 2.28. The number of fused-ring (bicyclic) bond motifs is 18. The van der Waals surface area contributed by atoms with Crippen LogP contribution in [0.4, 0.5) is 0 Å². The number of likely N-dealkylation sites (N-methyl/N-ethyl adjacent to an activating group) is 1. The van der Waals surface area contributed by atoms with E-state index in [1.165, 1.54) is 24.9 Å². The number of rotatable bonds is 4. The molecular weight excluding hydrogens is 568 g/mol. The maximum absolute atomic E-state index is 13.1. The molecule has 0 aliphatic carbocycles. The number of amides is 4. The molecular formula is C29H37ClN4O6S. The standard InChI is InChI=1S/C29H37ClN4O6S/c1-20-29(38)33(2)14-4-5-15-34(27(36)19-41-23-10-8-22(30)9-11-23)16-6-13-31-28(37)21-7-12-24(25(17-21)39-3)40-18-26(35)32-20/h7-12,17,20H,4-6,13-16,18-19H2,1-3H3,(H,31,37)(H,32,35)/t20-/m0/s1. The third kappa shape index (κ3) is 10.2. The van der Waals surface area contributed by atoms with Gasteiger partial charge >= 0.3 is 0 Å². The second-order valence-electron chi connectivity index (χ2n) is 9.64. The molecule has 4 amide bonds. The summed E-state index contributed by atoms with van der Waals surface area (Å²) in [6.07, 6.45) is 1.96. The fraction of sp³-hybridized carbons (Fsp3) is 0.448. The second kappa shape index (κ2) is 16.1. The van der Waals surface area contributed by atoms with Crippen LogP contribution >= 0.6 is 23.4 Å². The van der Waals surface area contributed by atoms with Gasteiger partial charge in [-0.1, -0.05) is 11.6 Å². The van der Waals surface area contributed by atoms with Gasteiger partial charge in [-0.2, -0.15) is 0 Å². The van der Waals surface area contributed by atoms with Crippen LogP contribution in [0.2, 0.25) is 5.02 Å². The monoisotopic (exact) mass is 604 g/mol. The number of ether oxygens (including phenoxy) is 2. The van der Waals surface area contributed by atoms with Gasteiger partial charge in [0.05, 0.1) is 12.9 Å². The van der Waals surface area contributed by atoms with E-state index >= 15 is 0 Å². The Morgan fingerprint density at radius 3 is 2.51 bits per heavy atom. The van der Waals surface area contributed by atoms with Crippen molar-refractivity contribution in [2.75, 3.05) is 52.7 Å². The summed E-state index contributed by atoms with van der Waals surface area (Å²) in [5, 5.41) is 6.18. The van der Waals surface area contributed by atoms with Gasteiger partial charge in [-0.3, -0.25) is 19.2 Å². The zero-order chi connectivity index (χ0) is 29.8. The number of methoxy groups -OCH3 is 1. The molecule has 1 atom stereocenters. The molecule has 0 saturated heterocycles. The fourth-order valence-corrected chi connectivity index (χ4v) is 5.14. The highest BCUT2D eigenvalue weighted by molar-refractivity contribution is 8.00. The third-order valence-electron chi connectivity index (χ3n) is 6.50. The van der Waals surface area contributed by atoms with Crippen LogP contribution in [0.3, 0.4) is 0 Å². The quantitative estimate of drug-likeness (QED) is 0.406. The Morgan fingerprint density at radius 2 is 1.78 bits per heavy atom. The molecule has 2 bridgehead atoms. The van der Waals surface area contributed by atoms with Crippen molar-refractivity contribution in [3.8, 4) is 11.5 Å². The molecule has 2 N–H and O–H groups in total. The highest BCUT2D eigenvalue weighted by Gasteiger charge is 2.21. The average molecular weight is 605 g/mol. The van der Waals surface area contributed by atoms with Gasteiger partial charge in [0, 0.05) is 48.7 Å². The van der Waals surface area contributed by atoms with Crippen LogP contribution in [0.15, 0.2) is 47.4 Å². The Bertz CT molecular complexity index is 1210. The van der Waals surface area contributed by atoms with Gasteiger partial charge in [-0.25, -0.2) is 0 Å². The van der Waals surface area contributed by atoms with Crippen LogP contribution in [-0.2, 0) is 14.4 Å². The first kappa shape index (κ1) is 32.1. The summed E-state index contributed by atoms with van der Waals surface area (Å²) in [5.74, 6) is -0.0943. The SMILES string of the molecule is COc1cc2ccc1OCC(=O)N[C@@H](C)C(=O)N(C)CCCCN(C(=O)CSc1ccc(Cl)cc1)CCCNC2=O. The first-order valence-electron chi connectivity index (χ1n) is 13.5. The summed E-state index contributed by atoms with van der Waals surface area (Å²) in [4.78, 5) is 55.4. The number of nitrogens with one attached hydrogen (secondary N) is 2. The zero-order valence-corrected chi connectivity index (χ0v) is 25.2. The maximum atomic E-state index is 13.1. The molecule has 2 aromatic rings. The van der Waals surface area contributed by atoms with Gasteiger partial charge in [0.25, 0.3) is 11.8 Å². The maximum Gasteiger partial charge on any atom is 0.258 e. The Balaban J connectivity index is 1.70. The Kier molecular flexibility index (Phi) is 12.6. The van der Waals surface area contributed by atoms with E-state index in [2.05, 4.69) is 10.6 Å². The largest absolute Gasteiger partial charge is 0.493 e. The number of thioether (sulfide) groups is 1. The molecule has 0 radical (unpaired) electrons. The van der Waals surface area contributed by atoms with E-state index in [0.717, 1.165) is 4.90 Å². The lowest BCUT2D eigenvalue weighted by molar-refractivity contribution is -0.135. The lowest BCUT2D eigenvalue weighted by Gasteiger charge is -2.25. The number of carbonyl (C=O) groups is 4. The van der Waals surface area contributed by atoms with Crippen molar-refractivity contribution in [1.82, 2.24) is 20.4 Å². The molecule has 0 saturated carbocycles. The molecule has 2 aliphatic rings. The van der Waals surface area contributed by atoms with E-state index < -0.39 is 11.9 Å². The second-order valence-corrected chi connectivity index (χ2v) is 11.1. The summed E-state index contributed by atoms with van der Waals surface area (Å²) in [6, 6.07) is 11.3. The summed E-state index contributed by atoms with van der Waals surface area (Å²) < 4.78 is 10.9. The van der Waals surface area contributed by atoms with Crippen molar-refractivity contribution >= 4 is 47.0 Å².